The molecule has 3 rings (SSSR count). The molecular formula is C16H17N3S. The summed E-state index contributed by atoms with van der Waals surface area (Å²) in [5.41, 5.74) is 2.19. The maximum Gasteiger partial charge on any atom is 0.131 e. The smallest absolute Gasteiger partial charge is 0.131 e. The molecule has 102 valence electrons. The lowest BCUT2D eigenvalue weighted by atomic mass is 10.1. The molecule has 0 unspecified atom stereocenters. The summed E-state index contributed by atoms with van der Waals surface area (Å²) in [6, 6.07) is 10.5. The fourth-order valence-corrected chi connectivity index (χ4v) is 3.22. The molecule has 0 radical (unpaired) electrons. The normalized spacial score (nSPS) is 10.9. The lowest BCUT2D eigenvalue weighted by Gasteiger charge is -2.08. The Morgan fingerprint density at radius 1 is 1.20 bits per heavy atom. The fraction of sp³-hybridized carbons (Fsp3) is 0.250. The molecule has 0 aliphatic rings. The van der Waals surface area contributed by atoms with Crippen LogP contribution in [0.3, 0.4) is 0 Å². The van der Waals surface area contributed by atoms with Gasteiger partial charge in [-0.1, -0.05) is 25.1 Å². The third kappa shape index (κ3) is 2.39. The van der Waals surface area contributed by atoms with E-state index in [4.69, 9.17) is 4.98 Å². The van der Waals surface area contributed by atoms with Gasteiger partial charge in [-0.05, 0) is 23.3 Å². The Balaban J connectivity index is 2.17. The zero-order valence-corrected chi connectivity index (χ0v) is 12.5. The Kier molecular flexibility index (Phi) is 3.65. The third-order valence-corrected chi connectivity index (χ3v) is 4.22. The summed E-state index contributed by atoms with van der Waals surface area (Å²) in [5, 5.41) is 6.53. The number of fused-ring (bicyclic) bond motifs is 1. The van der Waals surface area contributed by atoms with E-state index in [1.54, 1.807) is 11.3 Å². The molecule has 1 N–H and O–H groups in total. The topological polar surface area (TPSA) is 37.8 Å². The number of nitrogens with one attached hydrogen (secondary N) is 1. The van der Waals surface area contributed by atoms with Crippen molar-refractivity contribution in [1.82, 2.24) is 9.97 Å². The van der Waals surface area contributed by atoms with Crippen molar-refractivity contribution in [3.05, 3.63) is 41.5 Å². The molecule has 0 amide bonds. The van der Waals surface area contributed by atoms with E-state index in [0.29, 0.717) is 0 Å². The van der Waals surface area contributed by atoms with Gasteiger partial charge in [-0.3, -0.25) is 0 Å². The Hall–Kier alpha value is -1.94. The van der Waals surface area contributed by atoms with E-state index >= 15 is 0 Å². The van der Waals surface area contributed by atoms with Crippen LogP contribution in [0.2, 0.25) is 0 Å². The molecule has 0 aliphatic heterocycles. The van der Waals surface area contributed by atoms with Gasteiger partial charge in [-0.15, -0.1) is 11.3 Å². The summed E-state index contributed by atoms with van der Waals surface area (Å²) in [6.07, 6.45) is 1.96. The zero-order valence-electron chi connectivity index (χ0n) is 11.7. The fourth-order valence-electron chi connectivity index (χ4n) is 2.29. The summed E-state index contributed by atoms with van der Waals surface area (Å²) >= 11 is 1.76. The van der Waals surface area contributed by atoms with Crippen LogP contribution in [0.25, 0.3) is 21.3 Å². The molecule has 0 spiro atoms. The molecule has 20 heavy (non-hydrogen) atoms. The average molecular weight is 283 g/mol. The number of thiophene rings is 1. The predicted molar refractivity (Wildman–Crippen MR) is 86.4 cm³/mol. The highest BCUT2D eigenvalue weighted by atomic mass is 32.1. The van der Waals surface area contributed by atoms with Crippen molar-refractivity contribution in [2.45, 2.75) is 19.8 Å². The van der Waals surface area contributed by atoms with Crippen molar-refractivity contribution in [3.8, 4) is 11.3 Å². The number of aromatic nitrogens is 2. The van der Waals surface area contributed by atoms with Gasteiger partial charge in [-0.25, -0.2) is 9.97 Å². The summed E-state index contributed by atoms with van der Waals surface area (Å²) in [7, 11) is 1.90. The van der Waals surface area contributed by atoms with Crippen LogP contribution >= 0.6 is 11.3 Å². The second-order valence-corrected chi connectivity index (χ2v) is 5.62. The van der Waals surface area contributed by atoms with E-state index < -0.39 is 0 Å². The molecule has 3 aromatic rings. The second kappa shape index (κ2) is 5.59. The van der Waals surface area contributed by atoms with Crippen LogP contribution in [0.15, 0.2) is 35.7 Å². The number of aryl methyl sites for hydroxylation is 1. The van der Waals surface area contributed by atoms with Gasteiger partial charge < -0.3 is 5.32 Å². The van der Waals surface area contributed by atoms with Gasteiger partial charge in [0.15, 0.2) is 0 Å². The van der Waals surface area contributed by atoms with E-state index in [-0.39, 0.29) is 0 Å². The highest BCUT2D eigenvalue weighted by molar-refractivity contribution is 7.17. The molecule has 0 aliphatic carbocycles. The Bertz CT molecular complexity index is 733. The number of benzene rings is 1. The Morgan fingerprint density at radius 2 is 2.10 bits per heavy atom. The third-order valence-electron chi connectivity index (χ3n) is 3.26. The van der Waals surface area contributed by atoms with Crippen LogP contribution in [0, 0.1) is 0 Å². The number of rotatable bonds is 4. The number of nitrogens with zero attached hydrogens (tertiary/aromatic N) is 2. The Labute approximate surface area is 122 Å². The molecule has 0 atom stereocenters. The summed E-state index contributed by atoms with van der Waals surface area (Å²) in [5.74, 6) is 1.79. The summed E-state index contributed by atoms with van der Waals surface area (Å²) in [6.45, 7) is 2.15. The molecule has 0 bridgehead atoms. The second-order valence-electron chi connectivity index (χ2n) is 4.70. The maximum atomic E-state index is 4.73. The zero-order chi connectivity index (χ0) is 13.9. The van der Waals surface area contributed by atoms with Gasteiger partial charge in [0.05, 0.1) is 5.69 Å². The van der Waals surface area contributed by atoms with Crippen LogP contribution in [-0.2, 0) is 6.42 Å². The van der Waals surface area contributed by atoms with Crippen molar-refractivity contribution >= 4 is 27.2 Å². The summed E-state index contributed by atoms with van der Waals surface area (Å²) < 4.78 is 1.29. The van der Waals surface area contributed by atoms with Gasteiger partial charge in [0.1, 0.15) is 11.6 Å². The highest BCUT2D eigenvalue weighted by Crippen LogP contribution is 2.32. The molecule has 0 saturated heterocycles. The number of hydrogen-bond acceptors (Lipinski definition) is 4. The molecule has 2 heterocycles. The van der Waals surface area contributed by atoms with Crippen LogP contribution in [0.5, 0.6) is 0 Å². The SMILES string of the molecule is CCCc1nc(NC)cc(-c2cccc3ccsc23)n1. The van der Waals surface area contributed by atoms with E-state index in [9.17, 15) is 0 Å². The standard InChI is InChI=1S/C16H17N3S/c1-3-5-14-18-13(10-15(17-2)19-14)12-7-4-6-11-8-9-20-16(11)12/h4,6-10H,3,5H2,1-2H3,(H,17,18,19). The summed E-state index contributed by atoms with van der Waals surface area (Å²) in [4.78, 5) is 9.24. The van der Waals surface area contributed by atoms with Crippen LogP contribution < -0.4 is 5.32 Å². The van der Waals surface area contributed by atoms with E-state index in [2.05, 4.69) is 46.9 Å². The average Bonchev–Trinajstić information content (AvgIpc) is 2.95. The molecule has 2 aromatic heterocycles. The first-order chi connectivity index (χ1) is 9.81. The number of hydrogen-bond donors (Lipinski definition) is 1. The van der Waals surface area contributed by atoms with E-state index in [0.717, 1.165) is 30.2 Å². The van der Waals surface area contributed by atoms with Crippen molar-refractivity contribution in [2.24, 2.45) is 0 Å². The predicted octanol–water partition coefficient (Wildman–Crippen LogP) is 4.35. The van der Waals surface area contributed by atoms with Gasteiger partial charge >= 0.3 is 0 Å². The minimum atomic E-state index is 0.881. The quantitative estimate of drug-likeness (QED) is 0.773. The molecule has 1 aromatic carbocycles. The van der Waals surface area contributed by atoms with Gasteiger partial charge in [-0.2, -0.15) is 0 Å². The van der Waals surface area contributed by atoms with Crippen molar-refractivity contribution in [1.29, 1.82) is 0 Å². The first-order valence-corrected chi connectivity index (χ1v) is 7.72. The minimum Gasteiger partial charge on any atom is -0.373 e. The van der Waals surface area contributed by atoms with Crippen molar-refractivity contribution < 1.29 is 0 Å². The number of anilines is 1. The van der Waals surface area contributed by atoms with Crippen LogP contribution in [-0.4, -0.2) is 17.0 Å². The monoisotopic (exact) mass is 283 g/mol. The molecule has 4 heteroatoms. The van der Waals surface area contributed by atoms with Crippen LogP contribution in [0.4, 0.5) is 5.82 Å². The largest absolute Gasteiger partial charge is 0.373 e. The van der Waals surface area contributed by atoms with Gasteiger partial charge in [0.2, 0.25) is 0 Å². The molecule has 3 nitrogen and oxygen atoms in total. The maximum absolute atomic E-state index is 4.73. The lowest BCUT2D eigenvalue weighted by Crippen LogP contribution is -2.01. The van der Waals surface area contributed by atoms with Crippen molar-refractivity contribution in [2.75, 3.05) is 12.4 Å². The minimum absolute atomic E-state index is 0.881. The molecule has 0 fully saturated rings. The first-order valence-electron chi connectivity index (χ1n) is 6.84. The Morgan fingerprint density at radius 3 is 2.90 bits per heavy atom. The molecular weight excluding hydrogens is 266 g/mol. The van der Waals surface area contributed by atoms with E-state index in [1.807, 2.05) is 13.1 Å². The van der Waals surface area contributed by atoms with Gasteiger partial charge in [0, 0.05) is 29.8 Å². The highest BCUT2D eigenvalue weighted by Gasteiger charge is 2.09. The lowest BCUT2D eigenvalue weighted by molar-refractivity contribution is 0.838. The first kappa shape index (κ1) is 13.1. The van der Waals surface area contributed by atoms with Crippen LogP contribution in [0.1, 0.15) is 19.2 Å². The molecule has 0 saturated carbocycles. The van der Waals surface area contributed by atoms with Crippen molar-refractivity contribution in [3.63, 3.8) is 0 Å². The van der Waals surface area contributed by atoms with E-state index in [1.165, 1.54) is 15.6 Å². The van der Waals surface area contributed by atoms with Gasteiger partial charge in [0.25, 0.3) is 0 Å².